The van der Waals surface area contributed by atoms with Gasteiger partial charge in [0.15, 0.2) is 5.82 Å². The van der Waals surface area contributed by atoms with Crippen LogP contribution in [-0.2, 0) is 0 Å². The Morgan fingerprint density at radius 3 is 2.45 bits per heavy atom. The van der Waals surface area contributed by atoms with Crippen molar-refractivity contribution < 1.29 is 9.90 Å². The molecule has 0 aliphatic rings. The Labute approximate surface area is 64.2 Å². The Hall–Kier alpha value is -1.59. The van der Waals surface area contributed by atoms with Gasteiger partial charge >= 0.3 is 6.03 Å². The van der Waals surface area contributed by atoms with Gasteiger partial charge in [0.2, 0.25) is 5.88 Å². The average Bonchev–Trinajstić information content (AvgIpc) is 1.86. The summed E-state index contributed by atoms with van der Waals surface area (Å²) in [5.41, 5.74) is 9.92. The summed E-state index contributed by atoms with van der Waals surface area (Å²) in [6.07, 6.45) is 0. The van der Waals surface area contributed by atoms with Gasteiger partial charge in [0, 0.05) is 6.54 Å². The van der Waals surface area contributed by atoms with Crippen LogP contribution in [0.5, 0.6) is 0 Å². The van der Waals surface area contributed by atoms with E-state index in [2.05, 4.69) is 5.32 Å². The summed E-state index contributed by atoms with van der Waals surface area (Å²) in [4.78, 5) is 10.2. The Morgan fingerprint density at radius 1 is 1.55 bits per heavy atom. The van der Waals surface area contributed by atoms with Crippen LogP contribution in [0.3, 0.4) is 0 Å². The zero-order valence-electron chi connectivity index (χ0n) is 6.22. The predicted octanol–water partition coefficient (Wildman–Crippen LogP) is -1.09. The molecule has 0 spiro atoms. The molecule has 6 nitrogen and oxygen atoms in total. The van der Waals surface area contributed by atoms with Crippen LogP contribution in [0, 0.1) is 0 Å². The van der Waals surface area contributed by atoms with Crippen molar-refractivity contribution >= 4 is 6.03 Å². The zero-order chi connectivity index (χ0) is 8.85. The van der Waals surface area contributed by atoms with Gasteiger partial charge in [-0.25, -0.2) is 4.79 Å². The highest BCUT2D eigenvalue weighted by molar-refractivity contribution is 5.73. The number of carbonyl (C=O) groups is 1. The minimum Gasteiger partial charge on any atom is -0.492 e. The number of urea groups is 1. The molecule has 11 heavy (non-hydrogen) atoms. The van der Waals surface area contributed by atoms with E-state index >= 15 is 0 Å². The zero-order valence-corrected chi connectivity index (χ0v) is 6.22. The summed E-state index contributed by atoms with van der Waals surface area (Å²) < 4.78 is 0. The molecule has 0 saturated carbocycles. The molecule has 0 aliphatic carbocycles. The summed E-state index contributed by atoms with van der Waals surface area (Å²) in [5, 5.41) is 13.4. The first-order chi connectivity index (χ1) is 5.07. The number of hydrogen-bond donors (Lipinski definition) is 5. The minimum absolute atomic E-state index is 0.00806. The van der Waals surface area contributed by atoms with Gasteiger partial charge in [-0.15, -0.1) is 0 Å². The predicted molar refractivity (Wildman–Crippen MR) is 40.2 cm³/mol. The first kappa shape index (κ1) is 9.41. The lowest BCUT2D eigenvalue weighted by atomic mass is 10.6. The van der Waals surface area contributed by atoms with Crippen LogP contribution in [0.25, 0.3) is 0 Å². The number of nitrogens with one attached hydrogen (secondary N) is 2. The molecule has 0 heterocycles. The van der Waals surface area contributed by atoms with E-state index in [-0.39, 0.29) is 5.82 Å². The molecule has 0 unspecified atom stereocenters. The molecular formula is C5H12N4O2. The van der Waals surface area contributed by atoms with Gasteiger partial charge in [0.05, 0.1) is 0 Å². The van der Waals surface area contributed by atoms with Gasteiger partial charge in [-0.3, -0.25) is 5.32 Å². The van der Waals surface area contributed by atoms with Crippen LogP contribution in [0.1, 0.15) is 6.92 Å². The number of amides is 2. The first-order valence-electron chi connectivity index (χ1n) is 3.07. The molecule has 0 saturated heterocycles. The van der Waals surface area contributed by atoms with E-state index in [9.17, 15) is 4.79 Å². The normalized spacial score (nSPS) is 11.7. The Morgan fingerprint density at radius 2 is 2.09 bits per heavy atom. The van der Waals surface area contributed by atoms with Crippen LogP contribution in [-0.4, -0.2) is 17.7 Å². The van der Waals surface area contributed by atoms with Crippen molar-refractivity contribution in [3.8, 4) is 0 Å². The Balaban J connectivity index is 4.04. The third kappa shape index (κ3) is 3.90. The highest BCUT2D eigenvalue weighted by Crippen LogP contribution is 1.83. The maximum atomic E-state index is 10.2. The molecule has 0 rings (SSSR count). The number of aliphatic hydroxyl groups is 1. The van der Waals surface area contributed by atoms with Crippen LogP contribution < -0.4 is 22.1 Å². The van der Waals surface area contributed by atoms with Gasteiger partial charge in [0.1, 0.15) is 0 Å². The van der Waals surface area contributed by atoms with E-state index in [1.807, 2.05) is 5.32 Å². The molecule has 7 N–H and O–H groups in total. The van der Waals surface area contributed by atoms with Gasteiger partial charge in [-0.2, -0.15) is 0 Å². The van der Waals surface area contributed by atoms with E-state index in [1.54, 1.807) is 6.92 Å². The van der Waals surface area contributed by atoms with E-state index < -0.39 is 11.9 Å². The summed E-state index contributed by atoms with van der Waals surface area (Å²) in [6, 6.07) is -0.858. The lowest BCUT2D eigenvalue weighted by molar-refractivity contribution is 0.243. The fourth-order valence-corrected chi connectivity index (χ4v) is 0.458. The fourth-order valence-electron chi connectivity index (χ4n) is 0.458. The number of hydrogen-bond acceptors (Lipinski definition) is 4. The monoisotopic (exact) mass is 160 g/mol. The van der Waals surface area contributed by atoms with E-state index in [0.717, 1.165) is 0 Å². The Bertz CT molecular complexity index is 177. The van der Waals surface area contributed by atoms with Gasteiger partial charge < -0.3 is 21.9 Å². The molecule has 2 amide bonds. The lowest BCUT2D eigenvalue weighted by Gasteiger charge is -2.05. The first-order valence-corrected chi connectivity index (χ1v) is 3.07. The minimum atomic E-state index is -0.858. The van der Waals surface area contributed by atoms with E-state index in [0.29, 0.717) is 6.54 Å². The standard InChI is InChI=1S/C5H12N4O2/c1-2-8-3(6)4(10)9-5(7)11/h8,10H,2,6H2,1H3,(H3,7,9,11)/b4-3-. The topological polar surface area (TPSA) is 113 Å². The lowest BCUT2D eigenvalue weighted by Crippen LogP contribution is -2.34. The molecule has 0 aromatic rings. The van der Waals surface area contributed by atoms with Crippen LogP contribution in [0.2, 0.25) is 0 Å². The molecule has 0 aliphatic heterocycles. The summed E-state index contributed by atoms with van der Waals surface area (Å²) in [6.45, 7) is 2.35. The van der Waals surface area contributed by atoms with Crippen molar-refractivity contribution in [1.29, 1.82) is 0 Å². The smallest absolute Gasteiger partial charge is 0.319 e. The third-order valence-corrected chi connectivity index (χ3v) is 0.864. The third-order valence-electron chi connectivity index (χ3n) is 0.864. The molecule has 0 bridgehead atoms. The van der Waals surface area contributed by atoms with Crippen molar-refractivity contribution in [1.82, 2.24) is 10.6 Å². The molecular weight excluding hydrogens is 148 g/mol. The molecule has 0 aromatic carbocycles. The quantitative estimate of drug-likeness (QED) is 0.337. The number of aliphatic hydroxyl groups excluding tert-OH is 1. The average molecular weight is 160 g/mol. The molecule has 0 fully saturated rings. The van der Waals surface area contributed by atoms with Crippen LogP contribution in [0.4, 0.5) is 4.79 Å². The molecule has 64 valence electrons. The van der Waals surface area contributed by atoms with Crippen molar-refractivity contribution in [3.63, 3.8) is 0 Å². The number of nitrogens with two attached hydrogens (primary N) is 2. The maximum absolute atomic E-state index is 10.2. The van der Waals surface area contributed by atoms with Crippen molar-refractivity contribution in [2.45, 2.75) is 6.92 Å². The summed E-state index contributed by atoms with van der Waals surface area (Å²) in [7, 11) is 0. The van der Waals surface area contributed by atoms with Crippen molar-refractivity contribution in [2.75, 3.05) is 6.54 Å². The number of carbonyl (C=O) groups excluding carboxylic acids is 1. The van der Waals surface area contributed by atoms with Crippen molar-refractivity contribution in [2.24, 2.45) is 11.5 Å². The van der Waals surface area contributed by atoms with Crippen LogP contribution >= 0.6 is 0 Å². The second kappa shape index (κ2) is 4.26. The summed E-state index contributed by atoms with van der Waals surface area (Å²) >= 11 is 0. The highest BCUT2D eigenvalue weighted by atomic mass is 16.3. The fraction of sp³-hybridized carbons (Fsp3) is 0.400. The summed E-state index contributed by atoms with van der Waals surface area (Å²) in [5.74, 6) is -0.467. The Kier molecular flexibility index (Phi) is 3.65. The molecule has 0 aromatic heterocycles. The van der Waals surface area contributed by atoms with Crippen molar-refractivity contribution in [3.05, 3.63) is 11.7 Å². The molecule has 6 heteroatoms. The largest absolute Gasteiger partial charge is 0.492 e. The molecule has 0 atom stereocenters. The van der Waals surface area contributed by atoms with E-state index in [4.69, 9.17) is 16.6 Å². The van der Waals surface area contributed by atoms with Crippen LogP contribution in [0.15, 0.2) is 11.7 Å². The second-order valence-electron chi connectivity index (χ2n) is 1.78. The van der Waals surface area contributed by atoms with Gasteiger partial charge in [0.25, 0.3) is 0 Å². The van der Waals surface area contributed by atoms with E-state index in [1.165, 1.54) is 0 Å². The number of rotatable bonds is 3. The SMILES string of the molecule is CCN/C(N)=C(\O)NC(N)=O. The highest BCUT2D eigenvalue weighted by Gasteiger charge is 2.01. The van der Waals surface area contributed by atoms with Gasteiger partial charge in [-0.1, -0.05) is 0 Å². The van der Waals surface area contributed by atoms with Gasteiger partial charge in [-0.05, 0) is 6.92 Å². The molecule has 0 radical (unpaired) electrons. The number of primary amides is 1. The second-order valence-corrected chi connectivity index (χ2v) is 1.78. The maximum Gasteiger partial charge on any atom is 0.319 e.